The van der Waals surface area contributed by atoms with E-state index in [1.54, 1.807) is 6.21 Å². The van der Waals surface area contributed by atoms with Crippen molar-refractivity contribution in [1.29, 1.82) is 0 Å². The lowest BCUT2D eigenvalue weighted by Crippen LogP contribution is -2.26. The molecule has 42 heavy (non-hydrogen) atoms. The van der Waals surface area contributed by atoms with E-state index < -0.39 is 0 Å². The molecule has 1 saturated carbocycles. The maximum atomic E-state index is 6.54. The molecular formula is C33H41ClN8. The lowest BCUT2D eigenvalue weighted by Gasteiger charge is -2.15. The molecule has 2 atom stereocenters. The molecule has 2 aromatic carbocycles. The smallest absolute Gasteiger partial charge is 0.226 e. The third-order valence-electron chi connectivity index (χ3n) is 7.94. The Hall–Kier alpha value is -3.72. The SMILES string of the molecule is N/C(=C\C=NCc1ccccc1)c1cn(C2CCC(CNCCCNCCc3ccccc3)C2)c2nc(Cl)nc(N)c12. The molecule has 0 aliphatic heterocycles. The highest BCUT2D eigenvalue weighted by atomic mass is 35.5. The number of aromatic nitrogens is 3. The fourth-order valence-electron chi connectivity index (χ4n) is 5.74. The van der Waals surface area contributed by atoms with E-state index in [0.29, 0.717) is 30.0 Å². The monoisotopic (exact) mass is 584 g/mol. The lowest BCUT2D eigenvalue weighted by atomic mass is 10.1. The molecule has 9 heteroatoms. The van der Waals surface area contributed by atoms with Crippen LogP contribution < -0.4 is 22.1 Å². The molecule has 2 aromatic heterocycles. The summed E-state index contributed by atoms with van der Waals surface area (Å²) in [6.45, 7) is 4.67. The van der Waals surface area contributed by atoms with Gasteiger partial charge in [-0.3, -0.25) is 4.99 Å². The second kappa shape index (κ2) is 15.0. The summed E-state index contributed by atoms with van der Waals surface area (Å²) in [5.74, 6) is 0.944. The summed E-state index contributed by atoms with van der Waals surface area (Å²) in [6, 6.07) is 21.0. The number of nitrogens with one attached hydrogen (secondary N) is 2. The largest absolute Gasteiger partial charge is 0.398 e. The van der Waals surface area contributed by atoms with Gasteiger partial charge in [0.15, 0.2) is 0 Å². The minimum absolute atomic E-state index is 0.145. The van der Waals surface area contributed by atoms with E-state index in [0.717, 1.165) is 80.4 Å². The third kappa shape index (κ3) is 7.97. The van der Waals surface area contributed by atoms with Gasteiger partial charge in [0.25, 0.3) is 0 Å². The maximum Gasteiger partial charge on any atom is 0.226 e. The predicted octanol–water partition coefficient (Wildman–Crippen LogP) is 5.39. The number of fused-ring (bicyclic) bond motifs is 1. The van der Waals surface area contributed by atoms with Gasteiger partial charge in [0.2, 0.25) is 5.28 Å². The van der Waals surface area contributed by atoms with Gasteiger partial charge < -0.3 is 26.7 Å². The van der Waals surface area contributed by atoms with Gasteiger partial charge in [0.05, 0.1) is 11.9 Å². The van der Waals surface area contributed by atoms with Gasteiger partial charge in [-0.25, -0.2) is 4.98 Å². The van der Waals surface area contributed by atoms with Crippen LogP contribution in [-0.4, -0.2) is 46.9 Å². The Balaban J connectivity index is 1.14. The molecular weight excluding hydrogens is 544 g/mol. The average molecular weight is 585 g/mol. The van der Waals surface area contributed by atoms with Gasteiger partial charge in [0, 0.05) is 29.7 Å². The Morgan fingerprint density at radius 3 is 2.50 bits per heavy atom. The molecule has 1 aliphatic rings. The molecule has 220 valence electrons. The van der Waals surface area contributed by atoms with Gasteiger partial charge in [-0.05, 0) is 93.0 Å². The van der Waals surface area contributed by atoms with E-state index in [4.69, 9.17) is 23.1 Å². The molecule has 5 rings (SSSR count). The fraction of sp³-hybridized carbons (Fsp3) is 0.364. The summed E-state index contributed by atoms with van der Waals surface area (Å²) in [5, 5.41) is 8.11. The zero-order valence-electron chi connectivity index (χ0n) is 24.1. The summed E-state index contributed by atoms with van der Waals surface area (Å²) in [4.78, 5) is 13.3. The first-order valence-electron chi connectivity index (χ1n) is 14.9. The van der Waals surface area contributed by atoms with Crippen molar-refractivity contribution in [3.8, 4) is 0 Å². The molecule has 1 fully saturated rings. The summed E-state index contributed by atoms with van der Waals surface area (Å²) in [6.07, 6.45) is 11.1. The molecule has 4 aromatic rings. The number of nitrogens with zero attached hydrogens (tertiary/aromatic N) is 4. The van der Waals surface area contributed by atoms with Crippen molar-refractivity contribution < 1.29 is 0 Å². The maximum absolute atomic E-state index is 6.54. The van der Waals surface area contributed by atoms with Crippen LogP contribution in [0.15, 0.2) is 77.9 Å². The van der Waals surface area contributed by atoms with Crippen LogP contribution in [0.1, 0.15) is 48.4 Å². The van der Waals surface area contributed by atoms with Crippen LogP contribution in [0.3, 0.4) is 0 Å². The zero-order chi connectivity index (χ0) is 29.1. The van der Waals surface area contributed by atoms with Crippen LogP contribution >= 0.6 is 11.6 Å². The second-order valence-corrected chi connectivity index (χ2v) is 11.3. The number of allylic oxidation sites excluding steroid dienone is 1. The fourth-order valence-corrected chi connectivity index (χ4v) is 5.91. The topological polar surface area (TPSA) is 119 Å². The highest BCUT2D eigenvalue weighted by Gasteiger charge is 2.28. The Morgan fingerprint density at radius 1 is 0.976 bits per heavy atom. The average Bonchev–Trinajstić information content (AvgIpc) is 3.63. The number of rotatable bonds is 14. The number of hydrogen-bond donors (Lipinski definition) is 4. The van der Waals surface area contributed by atoms with E-state index >= 15 is 0 Å². The van der Waals surface area contributed by atoms with Crippen molar-refractivity contribution in [3.63, 3.8) is 0 Å². The number of nitrogen functional groups attached to an aromatic ring is 1. The van der Waals surface area contributed by atoms with Crippen LogP contribution in [0.25, 0.3) is 16.7 Å². The number of hydrogen-bond acceptors (Lipinski definition) is 7. The van der Waals surface area contributed by atoms with E-state index in [1.807, 2.05) is 24.3 Å². The minimum Gasteiger partial charge on any atom is -0.398 e. The highest BCUT2D eigenvalue weighted by Crippen LogP contribution is 2.39. The van der Waals surface area contributed by atoms with Crippen molar-refractivity contribution >= 4 is 40.4 Å². The molecule has 6 N–H and O–H groups in total. The van der Waals surface area contributed by atoms with Crippen molar-refractivity contribution in [2.24, 2.45) is 16.6 Å². The number of anilines is 1. The molecule has 2 unspecified atom stereocenters. The molecule has 0 amide bonds. The molecule has 0 spiro atoms. The van der Waals surface area contributed by atoms with E-state index in [2.05, 4.69) is 78.8 Å². The number of nitrogens with two attached hydrogens (primary N) is 2. The summed E-state index contributed by atoms with van der Waals surface area (Å²) in [5.41, 5.74) is 17.5. The summed E-state index contributed by atoms with van der Waals surface area (Å²) >= 11 is 6.24. The van der Waals surface area contributed by atoms with Crippen molar-refractivity contribution in [2.75, 3.05) is 31.9 Å². The van der Waals surface area contributed by atoms with Crippen LogP contribution in [0.5, 0.6) is 0 Å². The molecule has 0 saturated heterocycles. The van der Waals surface area contributed by atoms with Crippen molar-refractivity contribution in [3.05, 3.63) is 94.9 Å². The molecule has 2 heterocycles. The van der Waals surface area contributed by atoms with E-state index in [9.17, 15) is 0 Å². The molecule has 0 bridgehead atoms. The molecule has 8 nitrogen and oxygen atoms in total. The second-order valence-electron chi connectivity index (χ2n) is 11.0. The Labute approximate surface area is 253 Å². The van der Waals surface area contributed by atoms with Gasteiger partial charge in [-0.1, -0.05) is 60.7 Å². The lowest BCUT2D eigenvalue weighted by molar-refractivity contribution is 0.452. The number of halogens is 1. The normalized spacial score (nSPS) is 17.5. The summed E-state index contributed by atoms with van der Waals surface area (Å²) in [7, 11) is 0. The van der Waals surface area contributed by atoms with Crippen molar-refractivity contribution in [2.45, 2.75) is 44.7 Å². The van der Waals surface area contributed by atoms with Crippen LogP contribution in [0.4, 0.5) is 5.82 Å². The number of aliphatic imine (C=N–C) groups is 1. The van der Waals surface area contributed by atoms with Gasteiger partial charge >= 0.3 is 0 Å². The first kappa shape index (κ1) is 29.8. The predicted molar refractivity (Wildman–Crippen MR) is 175 cm³/mol. The van der Waals surface area contributed by atoms with Crippen LogP contribution in [0, 0.1) is 5.92 Å². The number of benzene rings is 2. The standard InChI is InChI=1S/C33H41ClN8/c34-33-40-31(36)30-28(29(35)15-19-39-21-25-10-5-2-6-11-25)23-42(32(30)41-33)27-13-12-26(20-27)22-38-17-7-16-37-18-14-24-8-3-1-4-9-24/h1-6,8-11,15,19,23,26-27,37-38H,7,12-14,16-18,20-22,35H2,(H2,36,40,41)/b29-15-,39-19?. The molecule has 0 radical (unpaired) electrons. The first-order chi connectivity index (χ1) is 20.6. The highest BCUT2D eigenvalue weighted by molar-refractivity contribution is 6.28. The quantitative estimate of drug-likeness (QED) is 0.0896. The van der Waals surface area contributed by atoms with Crippen molar-refractivity contribution in [1.82, 2.24) is 25.2 Å². The minimum atomic E-state index is 0.145. The zero-order valence-corrected chi connectivity index (χ0v) is 24.8. The first-order valence-corrected chi connectivity index (χ1v) is 15.2. The third-order valence-corrected chi connectivity index (χ3v) is 8.11. The summed E-state index contributed by atoms with van der Waals surface area (Å²) < 4.78 is 2.20. The molecule has 1 aliphatic carbocycles. The Morgan fingerprint density at radius 2 is 1.71 bits per heavy atom. The Bertz CT molecular complexity index is 1480. The van der Waals surface area contributed by atoms with Gasteiger partial charge in [-0.2, -0.15) is 4.98 Å². The van der Waals surface area contributed by atoms with E-state index in [-0.39, 0.29) is 5.28 Å². The van der Waals surface area contributed by atoms with E-state index in [1.165, 1.54) is 5.56 Å². The van der Waals surface area contributed by atoms with Gasteiger partial charge in [-0.15, -0.1) is 0 Å². The van der Waals surface area contributed by atoms with Crippen LogP contribution in [-0.2, 0) is 13.0 Å². The van der Waals surface area contributed by atoms with Crippen LogP contribution in [0.2, 0.25) is 5.28 Å². The van der Waals surface area contributed by atoms with Gasteiger partial charge in [0.1, 0.15) is 11.5 Å². The Kier molecular flexibility index (Phi) is 10.6.